The summed E-state index contributed by atoms with van der Waals surface area (Å²) in [5.41, 5.74) is 3.35. The summed E-state index contributed by atoms with van der Waals surface area (Å²) in [4.78, 5) is 24.4. The number of nitrogens with one attached hydrogen (secondary N) is 2. The molecule has 0 heterocycles. The van der Waals surface area contributed by atoms with Crippen molar-refractivity contribution in [1.82, 2.24) is 5.32 Å². The normalized spacial score (nSPS) is 10.7. The largest absolute Gasteiger partial charge is 0.484 e. The molecule has 3 aromatic carbocycles. The predicted octanol–water partition coefficient (Wildman–Crippen LogP) is 4.24. The Morgan fingerprint density at radius 1 is 0.969 bits per heavy atom. The number of anilines is 1. The van der Waals surface area contributed by atoms with E-state index in [1.807, 2.05) is 67.6 Å². The van der Waals surface area contributed by atoms with Crippen molar-refractivity contribution >= 4 is 23.6 Å². The molecule has 6 heteroatoms. The highest BCUT2D eigenvalue weighted by Gasteiger charge is 2.09. The zero-order valence-electron chi connectivity index (χ0n) is 17.7. The van der Waals surface area contributed by atoms with Gasteiger partial charge in [0.15, 0.2) is 6.61 Å². The summed E-state index contributed by atoms with van der Waals surface area (Å²) in [6.07, 6.45) is 1.51. The SMILES string of the molecule is Cc1ccccc1NC(=O)COc1ccc(/C=C(\C#N)C(=O)NCc2ccccc2)cc1. The number of aryl methyl sites for hydroxylation is 1. The number of hydrogen-bond donors (Lipinski definition) is 2. The second-order valence-corrected chi connectivity index (χ2v) is 7.06. The van der Waals surface area contributed by atoms with Gasteiger partial charge in [-0.05, 0) is 47.9 Å². The Kier molecular flexibility index (Phi) is 7.77. The average Bonchev–Trinajstić information content (AvgIpc) is 2.82. The fourth-order valence-corrected chi connectivity index (χ4v) is 2.90. The Morgan fingerprint density at radius 2 is 1.66 bits per heavy atom. The van der Waals surface area contributed by atoms with E-state index < -0.39 is 5.91 Å². The van der Waals surface area contributed by atoms with Crippen molar-refractivity contribution in [3.63, 3.8) is 0 Å². The number of carbonyl (C=O) groups excluding carboxylic acids is 2. The van der Waals surface area contributed by atoms with E-state index in [4.69, 9.17) is 4.74 Å². The van der Waals surface area contributed by atoms with E-state index in [1.54, 1.807) is 24.3 Å². The smallest absolute Gasteiger partial charge is 0.262 e. The van der Waals surface area contributed by atoms with E-state index in [2.05, 4.69) is 10.6 Å². The first kappa shape index (κ1) is 22.3. The van der Waals surface area contributed by atoms with Crippen LogP contribution in [0.4, 0.5) is 5.69 Å². The van der Waals surface area contributed by atoms with Crippen molar-refractivity contribution in [2.75, 3.05) is 11.9 Å². The molecule has 0 unspecified atom stereocenters. The number of nitrogens with zero attached hydrogens (tertiary/aromatic N) is 1. The van der Waals surface area contributed by atoms with Crippen molar-refractivity contribution in [1.29, 1.82) is 5.26 Å². The summed E-state index contributed by atoms with van der Waals surface area (Å²) in [5.74, 6) is -0.191. The lowest BCUT2D eigenvalue weighted by atomic mass is 10.1. The van der Waals surface area contributed by atoms with Gasteiger partial charge in [0, 0.05) is 12.2 Å². The molecule has 0 saturated carbocycles. The first-order chi connectivity index (χ1) is 15.5. The second-order valence-electron chi connectivity index (χ2n) is 7.06. The fraction of sp³-hybridized carbons (Fsp3) is 0.115. The number of amides is 2. The van der Waals surface area contributed by atoms with Crippen LogP contribution < -0.4 is 15.4 Å². The van der Waals surface area contributed by atoms with Crippen LogP contribution in [0.1, 0.15) is 16.7 Å². The number of nitriles is 1. The molecular weight excluding hydrogens is 402 g/mol. The first-order valence-electron chi connectivity index (χ1n) is 10.1. The number of benzene rings is 3. The van der Waals surface area contributed by atoms with Crippen LogP contribution in [-0.4, -0.2) is 18.4 Å². The van der Waals surface area contributed by atoms with E-state index in [0.29, 0.717) is 17.9 Å². The number of rotatable bonds is 8. The van der Waals surface area contributed by atoms with Gasteiger partial charge in [0.05, 0.1) is 0 Å². The maximum atomic E-state index is 12.3. The topological polar surface area (TPSA) is 91.2 Å². The van der Waals surface area contributed by atoms with E-state index in [1.165, 1.54) is 6.08 Å². The molecule has 0 fully saturated rings. The lowest BCUT2D eigenvalue weighted by molar-refractivity contribution is -0.118. The van der Waals surface area contributed by atoms with Crippen molar-refractivity contribution in [2.45, 2.75) is 13.5 Å². The van der Waals surface area contributed by atoms with Crippen LogP contribution in [0.25, 0.3) is 6.08 Å². The monoisotopic (exact) mass is 425 g/mol. The van der Waals surface area contributed by atoms with Crippen LogP contribution >= 0.6 is 0 Å². The molecule has 0 bridgehead atoms. The van der Waals surface area contributed by atoms with Crippen molar-refractivity contribution in [3.8, 4) is 11.8 Å². The molecule has 0 radical (unpaired) electrons. The van der Waals surface area contributed by atoms with Gasteiger partial charge < -0.3 is 15.4 Å². The highest BCUT2D eigenvalue weighted by molar-refractivity contribution is 6.01. The van der Waals surface area contributed by atoms with Crippen LogP contribution in [0.2, 0.25) is 0 Å². The Hall–Kier alpha value is -4.37. The predicted molar refractivity (Wildman–Crippen MR) is 124 cm³/mol. The highest BCUT2D eigenvalue weighted by atomic mass is 16.5. The maximum Gasteiger partial charge on any atom is 0.262 e. The van der Waals surface area contributed by atoms with Gasteiger partial charge in [0.2, 0.25) is 0 Å². The summed E-state index contributed by atoms with van der Waals surface area (Å²) in [6, 6.07) is 25.7. The quantitative estimate of drug-likeness (QED) is 0.417. The van der Waals surface area contributed by atoms with Gasteiger partial charge in [-0.15, -0.1) is 0 Å². The second kappa shape index (κ2) is 11.1. The molecule has 3 aromatic rings. The lowest BCUT2D eigenvalue weighted by Crippen LogP contribution is -2.23. The third-order valence-corrected chi connectivity index (χ3v) is 4.64. The van der Waals surface area contributed by atoms with Crippen molar-refractivity contribution in [2.24, 2.45) is 0 Å². The van der Waals surface area contributed by atoms with E-state index >= 15 is 0 Å². The summed E-state index contributed by atoms with van der Waals surface area (Å²) in [7, 11) is 0. The Labute approximate surface area is 187 Å². The van der Waals surface area contributed by atoms with Crippen molar-refractivity contribution in [3.05, 3.63) is 101 Å². The Balaban J connectivity index is 1.53. The van der Waals surface area contributed by atoms with Gasteiger partial charge in [0.25, 0.3) is 11.8 Å². The number of carbonyl (C=O) groups is 2. The summed E-state index contributed by atoms with van der Waals surface area (Å²) in [5, 5.41) is 14.9. The van der Waals surface area contributed by atoms with E-state index in [0.717, 1.165) is 16.8 Å². The summed E-state index contributed by atoms with van der Waals surface area (Å²) < 4.78 is 5.52. The fourth-order valence-electron chi connectivity index (χ4n) is 2.90. The van der Waals surface area contributed by atoms with Crippen LogP contribution in [0, 0.1) is 18.3 Å². The Morgan fingerprint density at radius 3 is 2.34 bits per heavy atom. The molecule has 0 aliphatic carbocycles. The van der Waals surface area contributed by atoms with E-state index in [-0.39, 0.29) is 18.1 Å². The van der Waals surface area contributed by atoms with Gasteiger partial charge in [-0.3, -0.25) is 9.59 Å². The Bertz CT molecular complexity index is 1150. The van der Waals surface area contributed by atoms with Gasteiger partial charge in [0.1, 0.15) is 17.4 Å². The third-order valence-electron chi connectivity index (χ3n) is 4.64. The minimum atomic E-state index is -0.440. The minimum Gasteiger partial charge on any atom is -0.484 e. The number of para-hydroxylation sites is 1. The van der Waals surface area contributed by atoms with Crippen molar-refractivity contribution < 1.29 is 14.3 Å². The molecule has 0 spiro atoms. The molecular formula is C26H23N3O3. The maximum absolute atomic E-state index is 12.3. The van der Waals surface area contributed by atoms with Crippen LogP contribution in [0.5, 0.6) is 5.75 Å². The minimum absolute atomic E-state index is 0.00667. The number of hydrogen-bond acceptors (Lipinski definition) is 4. The summed E-state index contributed by atoms with van der Waals surface area (Å²) >= 11 is 0. The molecule has 160 valence electrons. The van der Waals surface area contributed by atoms with Crippen LogP contribution in [-0.2, 0) is 16.1 Å². The average molecular weight is 425 g/mol. The van der Waals surface area contributed by atoms with Crippen LogP contribution in [0.3, 0.4) is 0 Å². The molecule has 0 aromatic heterocycles. The van der Waals surface area contributed by atoms with Gasteiger partial charge in [-0.1, -0.05) is 60.7 Å². The highest BCUT2D eigenvalue weighted by Crippen LogP contribution is 2.16. The lowest BCUT2D eigenvalue weighted by Gasteiger charge is -2.09. The molecule has 2 N–H and O–H groups in total. The molecule has 0 saturated heterocycles. The third kappa shape index (κ3) is 6.57. The molecule has 0 aliphatic rings. The van der Waals surface area contributed by atoms with E-state index in [9.17, 15) is 14.9 Å². The zero-order valence-corrected chi connectivity index (χ0v) is 17.7. The summed E-state index contributed by atoms with van der Waals surface area (Å²) in [6.45, 7) is 2.13. The zero-order chi connectivity index (χ0) is 22.8. The molecule has 6 nitrogen and oxygen atoms in total. The molecule has 3 rings (SSSR count). The van der Waals surface area contributed by atoms with Gasteiger partial charge in [-0.25, -0.2) is 0 Å². The number of ether oxygens (including phenoxy) is 1. The molecule has 0 aliphatic heterocycles. The van der Waals surface area contributed by atoms with Crippen LogP contribution in [0.15, 0.2) is 84.4 Å². The molecule has 2 amide bonds. The molecule has 32 heavy (non-hydrogen) atoms. The standard InChI is InChI=1S/C26H23N3O3/c1-19-7-5-6-10-24(19)29-25(30)18-32-23-13-11-20(12-14-23)15-22(16-27)26(31)28-17-21-8-3-2-4-9-21/h2-15H,17-18H2,1H3,(H,28,31)(H,29,30)/b22-15+. The van der Waals surface area contributed by atoms with Gasteiger partial charge >= 0.3 is 0 Å². The first-order valence-corrected chi connectivity index (χ1v) is 10.1. The van der Waals surface area contributed by atoms with Gasteiger partial charge in [-0.2, -0.15) is 5.26 Å². The molecule has 0 atom stereocenters.